The topological polar surface area (TPSA) is 42.2 Å². The van der Waals surface area contributed by atoms with Gasteiger partial charge in [0.1, 0.15) is 0 Å². The fourth-order valence-corrected chi connectivity index (χ4v) is 2.77. The molecule has 0 spiro atoms. The molecule has 0 unspecified atom stereocenters. The van der Waals surface area contributed by atoms with Crippen molar-refractivity contribution in [2.75, 3.05) is 0 Å². The summed E-state index contributed by atoms with van der Waals surface area (Å²) in [5.74, 6) is -0.763. The van der Waals surface area contributed by atoms with Gasteiger partial charge in [-0.25, -0.2) is 0 Å². The largest absolute Gasteiger partial charge is 0.481 e. The maximum absolute atomic E-state index is 10.9. The summed E-state index contributed by atoms with van der Waals surface area (Å²) in [5, 5.41) is 11.3. The van der Waals surface area contributed by atoms with Crippen LogP contribution in [-0.2, 0) is 17.8 Å². The van der Waals surface area contributed by atoms with E-state index in [-0.39, 0.29) is 6.42 Å². The van der Waals surface area contributed by atoms with Gasteiger partial charge in [0, 0.05) is 28.4 Å². The minimum atomic E-state index is -0.763. The minimum absolute atomic E-state index is 0.142. The van der Waals surface area contributed by atoms with E-state index in [1.54, 1.807) is 0 Å². The van der Waals surface area contributed by atoms with Crippen LogP contribution in [-0.4, -0.2) is 15.6 Å². The third kappa shape index (κ3) is 2.05. The minimum Gasteiger partial charge on any atom is -0.481 e. The predicted octanol–water partition coefficient (Wildman–Crippen LogP) is 3.83. The molecule has 0 aliphatic carbocycles. The number of aryl methyl sites for hydroxylation is 2. The van der Waals surface area contributed by atoms with Crippen molar-refractivity contribution in [2.45, 2.75) is 26.3 Å². The second kappa shape index (κ2) is 5.00. The van der Waals surface area contributed by atoms with Crippen molar-refractivity contribution in [3.8, 4) is 0 Å². The van der Waals surface area contributed by atoms with Crippen LogP contribution >= 0.6 is 0 Å². The van der Waals surface area contributed by atoms with Crippen LogP contribution in [0.15, 0.2) is 42.5 Å². The van der Waals surface area contributed by atoms with Gasteiger partial charge in [0.05, 0.1) is 6.42 Å². The van der Waals surface area contributed by atoms with Crippen molar-refractivity contribution in [3.63, 3.8) is 0 Å². The number of carboxylic acids is 1. The number of para-hydroxylation sites is 1. The molecular formula is C17H17NO2. The highest BCUT2D eigenvalue weighted by molar-refractivity contribution is 6.08. The third-order valence-corrected chi connectivity index (χ3v) is 3.79. The molecule has 0 saturated heterocycles. The maximum Gasteiger partial charge on any atom is 0.305 e. The Labute approximate surface area is 117 Å². The van der Waals surface area contributed by atoms with Crippen molar-refractivity contribution in [1.82, 2.24) is 4.57 Å². The smallest absolute Gasteiger partial charge is 0.305 e. The first-order valence-electron chi connectivity index (χ1n) is 6.92. The first-order chi connectivity index (χ1) is 9.70. The number of carboxylic acid groups (broad SMARTS) is 1. The molecule has 20 heavy (non-hydrogen) atoms. The van der Waals surface area contributed by atoms with Gasteiger partial charge in [-0.15, -0.1) is 0 Å². The van der Waals surface area contributed by atoms with E-state index in [1.165, 1.54) is 16.3 Å². The number of benzene rings is 2. The second-order valence-corrected chi connectivity index (χ2v) is 5.02. The number of carbonyl (C=O) groups is 1. The van der Waals surface area contributed by atoms with Crippen LogP contribution in [0.4, 0.5) is 0 Å². The zero-order chi connectivity index (χ0) is 14.1. The van der Waals surface area contributed by atoms with Gasteiger partial charge in [-0.05, 0) is 30.2 Å². The van der Waals surface area contributed by atoms with E-state index in [9.17, 15) is 4.79 Å². The van der Waals surface area contributed by atoms with E-state index in [0.717, 1.165) is 17.5 Å². The Hall–Kier alpha value is -2.29. The average Bonchev–Trinajstić information content (AvgIpc) is 2.78. The van der Waals surface area contributed by atoms with Gasteiger partial charge in [0.2, 0.25) is 0 Å². The quantitative estimate of drug-likeness (QED) is 0.780. The number of rotatable bonds is 4. The van der Waals surface area contributed by atoms with Gasteiger partial charge >= 0.3 is 5.97 Å². The molecule has 0 saturated carbocycles. The third-order valence-electron chi connectivity index (χ3n) is 3.79. The zero-order valence-electron chi connectivity index (χ0n) is 11.5. The molecule has 0 aliphatic heterocycles. The van der Waals surface area contributed by atoms with Crippen LogP contribution in [0.3, 0.4) is 0 Å². The number of fused-ring (bicyclic) bond motifs is 3. The first kappa shape index (κ1) is 12.7. The highest BCUT2D eigenvalue weighted by Gasteiger charge is 2.11. The molecule has 0 bridgehead atoms. The Morgan fingerprint density at radius 3 is 2.60 bits per heavy atom. The van der Waals surface area contributed by atoms with Gasteiger partial charge in [-0.3, -0.25) is 4.79 Å². The summed E-state index contributed by atoms with van der Waals surface area (Å²) < 4.78 is 2.11. The molecule has 3 aromatic rings. The highest BCUT2D eigenvalue weighted by atomic mass is 16.4. The predicted molar refractivity (Wildman–Crippen MR) is 81.1 cm³/mol. The van der Waals surface area contributed by atoms with Gasteiger partial charge in [0.15, 0.2) is 0 Å². The Kier molecular flexibility index (Phi) is 3.18. The number of hydrogen-bond donors (Lipinski definition) is 1. The lowest BCUT2D eigenvalue weighted by molar-refractivity contribution is -0.137. The van der Waals surface area contributed by atoms with E-state index in [2.05, 4.69) is 41.8 Å². The maximum atomic E-state index is 10.9. The van der Waals surface area contributed by atoms with Gasteiger partial charge in [0.25, 0.3) is 0 Å². The molecule has 0 amide bonds. The number of hydrogen-bond acceptors (Lipinski definition) is 1. The first-order valence-corrected chi connectivity index (χ1v) is 6.92. The Balaban J connectivity index is 2.26. The standard InChI is InChI=1S/C17H17NO2/c1-2-12-7-8-16-14(11-12)13-5-3-4-6-15(13)18(16)10-9-17(19)20/h3-8,11H,2,9-10H2,1H3,(H,19,20). The molecule has 3 heteroatoms. The van der Waals surface area contributed by atoms with E-state index in [1.807, 2.05) is 12.1 Å². The number of nitrogens with zero attached hydrogens (tertiary/aromatic N) is 1. The van der Waals surface area contributed by atoms with Crippen LogP contribution in [0.2, 0.25) is 0 Å². The van der Waals surface area contributed by atoms with Crippen molar-refractivity contribution >= 4 is 27.8 Å². The lowest BCUT2D eigenvalue weighted by Gasteiger charge is -2.05. The lowest BCUT2D eigenvalue weighted by Crippen LogP contribution is -2.04. The number of aliphatic carboxylic acids is 1. The zero-order valence-corrected chi connectivity index (χ0v) is 11.5. The van der Waals surface area contributed by atoms with Crippen LogP contribution in [0.5, 0.6) is 0 Å². The molecule has 1 aromatic heterocycles. The summed E-state index contributed by atoms with van der Waals surface area (Å²) in [6.45, 7) is 2.65. The molecule has 3 rings (SSSR count). The van der Waals surface area contributed by atoms with E-state index in [0.29, 0.717) is 6.54 Å². The Morgan fingerprint density at radius 1 is 1.10 bits per heavy atom. The van der Waals surface area contributed by atoms with Crippen LogP contribution in [0.25, 0.3) is 21.8 Å². The van der Waals surface area contributed by atoms with Crippen LogP contribution in [0, 0.1) is 0 Å². The van der Waals surface area contributed by atoms with Gasteiger partial charge in [-0.1, -0.05) is 31.2 Å². The summed E-state index contributed by atoms with van der Waals surface area (Å²) in [7, 11) is 0. The molecule has 0 fully saturated rings. The summed E-state index contributed by atoms with van der Waals surface area (Å²) in [6.07, 6.45) is 1.15. The SMILES string of the molecule is CCc1ccc2c(c1)c1ccccc1n2CCC(=O)O. The second-order valence-electron chi connectivity index (χ2n) is 5.02. The lowest BCUT2D eigenvalue weighted by atomic mass is 10.1. The van der Waals surface area contributed by atoms with E-state index < -0.39 is 5.97 Å². The monoisotopic (exact) mass is 267 g/mol. The van der Waals surface area contributed by atoms with Crippen LogP contribution < -0.4 is 0 Å². The summed E-state index contributed by atoms with van der Waals surface area (Å²) in [4.78, 5) is 10.9. The fraction of sp³-hybridized carbons (Fsp3) is 0.235. The van der Waals surface area contributed by atoms with E-state index in [4.69, 9.17) is 5.11 Å². The molecule has 0 atom stereocenters. The average molecular weight is 267 g/mol. The number of aromatic nitrogens is 1. The summed E-state index contributed by atoms with van der Waals surface area (Å²) in [5.41, 5.74) is 3.53. The molecule has 0 radical (unpaired) electrons. The van der Waals surface area contributed by atoms with Crippen molar-refractivity contribution in [3.05, 3.63) is 48.0 Å². The van der Waals surface area contributed by atoms with Gasteiger partial charge < -0.3 is 9.67 Å². The van der Waals surface area contributed by atoms with Crippen molar-refractivity contribution in [2.24, 2.45) is 0 Å². The van der Waals surface area contributed by atoms with Crippen molar-refractivity contribution in [1.29, 1.82) is 0 Å². The Morgan fingerprint density at radius 2 is 1.85 bits per heavy atom. The van der Waals surface area contributed by atoms with Crippen LogP contribution in [0.1, 0.15) is 18.9 Å². The molecule has 1 N–H and O–H groups in total. The normalized spacial score (nSPS) is 11.2. The van der Waals surface area contributed by atoms with Gasteiger partial charge in [-0.2, -0.15) is 0 Å². The van der Waals surface area contributed by atoms with E-state index >= 15 is 0 Å². The summed E-state index contributed by atoms with van der Waals surface area (Å²) >= 11 is 0. The molecule has 3 nitrogen and oxygen atoms in total. The molecule has 102 valence electrons. The molecule has 2 aromatic carbocycles. The summed E-state index contributed by atoms with van der Waals surface area (Å²) in [6, 6.07) is 14.6. The molecule has 1 heterocycles. The fourth-order valence-electron chi connectivity index (χ4n) is 2.77. The Bertz CT molecular complexity index is 786. The highest BCUT2D eigenvalue weighted by Crippen LogP contribution is 2.30. The molecule has 0 aliphatic rings. The molecular weight excluding hydrogens is 250 g/mol. The van der Waals surface area contributed by atoms with Crippen molar-refractivity contribution < 1.29 is 9.90 Å².